The smallest absolute Gasteiger partial charge is 0.312 e. The fourth-order valence-corrected chi connectivity index (χ4v) is 5.27. The number of piperidine rings is 1. The lowest BCUT2D eigenvalue weighted by Gasteiger charge is -2.37. The molecule has 0 aliphatic carbocycles. The minimum absolute atomic E-state index is 0.0812. The zero-order valence-corrected chi connectivity index (χ0v) is 21.3. The van der Waals surface area contributed by atoms with Gasteiger partial charge >= 0.3 is 11.8 Å². The first-order valence-electron chi connectivity index (χ1n) is 11.4. The number of likely N-dealkylation sites (N-methyl/N-ethyl adjacent to an activating group) is 1. The first kappa shape index (κ1) is 29.9. The van der Waals surface area contributed by atoms with Crippen molar-refractivity contribution in [1.29, 1.82) is 0 Å². The minimum atomic E-state index is -5.02. The number of hydrogen-bond acceptors (Lipinski definition) is 5. The number of sulfonamides is 1. The number of aromatic nitrogens is 1. The van der Waals surface area contributed by atoms with Crippen LogP contribution in [0.3, 0.4) is 0 Å². The largest absolute Gasteiger partial charge is 0.348 e. The number of halogens is 6. The summed E-state index contributed by atoms with van der Waals surface area (Å²) in [5.74, 6) is -14.3. The Balaban J connectivity index is 1.83. The molecule has 3 amide bonds. The van der Waals surface area contributed by atoms with Crippen molar-refractivity contribution in [3.8, 4) is 0 Å². The third-order valence-corrected chi connectivity index (χ3v) is 7.25. The predicted molar refractivity (Wildman–Crippen MR) is 123 cm³/mol. The van der Waals surface area contributed by atoms with Crippen molar-refractivity contribution in [2.24, 2.45) is 0 Å². The van der Waals surface area contributed by atoms with Crippen molar-refractivity contribution in [2.45, 2.75) is 43.7 Å². The first-order chi connectivity index (χ1) is 18.1. The van der Waals surface area contributed by atoms with Crippen LogP contribution >= 0.6 is 0 Å². The number of carbonyl (C=O) groups excluding carboxylic acids is 3. The summed E-state index contributed by atoms with van der Waals surface area (Å²) < 4.78 is 113. The number of alkyl halides is 2. The van der Waals surface area contributed by atoms with Gasteiger partial charge in [-0.25, -0.2) is 39.5 Å². The van der Waals surface area contributed by atoms with Crippen LogP contribution < -0.4 is 15.4 Å². The van der Waals surface area contributed by atoms with E-state index in [0.29, 0.717) is 23.2 Å². The normalized spacial score (nSPS) is 17.1. The van der Waals surface area contributed by atoms with Crippen LogP contribution in [-0.2, 0) is 26.2 Å². The third-order valence-electron chi connectivity index (χ3n) is 5.79. The minimum Gasteiger partial charge on any atom is -0.348 e. The number of nitrogens with one attached hydrogen (secondary N) is 3. The van der Waals surface area contributed by atoms with Crippen molar-refractivity contribution in [3.63, 3.8) is 0 Å². The van der Waals surface area contributed by atoms with Gasteiger partial charge in [-0.05, 0) is 20.3 Å². The first-order valence-corrected chi connectivity index (χ1v) is 12.9. The van der Waals surface area contributed by atoms with Gasteiger partial charge in [0.15, 0.2) is 23.3 Å². The maximum atomic E-state index is 15.2. The van der Waals surface area contributed by atoms with E-state index in [1.165, 1.54) is 13.8 Å². The molecule has 17 heteroatoms. The molecule has 1 aromatic carbocycles. The van der Waals surface area contributed by atoms with Crippen LogP contribution in [0.15, 0.2) is 23.2 Å². The summed E-state index contributed by atoms with van der Waals surface area (Å²) in [5.41, 5.74) is -1.51. The molecular formula is C22H23F6N5O5S. The molecule has 1 unspecified atom stereocenters. The Kier molecular flexibility index (Phi) is 8.64. The lowest BCUT2D eigenvalue weighted by Crippen LogP contribution is -2.60. The van der Waals surface area contributed by atoms with Crippen molar-refractivity contribution in [2.75, 3.05) is 25.0 Å². The van der Waals surface area contributed by atoms with Crippen molar-refractivity contribution < 1.29 is 49.1 Å². The molecule has 39 heavy (non-hydrogen) atoms. The zero-order chi connectivity index (χ0) is 29.3. The topological polar surface area (TPSA) is 130 Å². The third kappa shape index (κ3) is 6.19. The second kappa shape index (κ2) is 11.3. The molecule has 0 bridgehead atoms. The molecule has 2 heterocycles. The Morgan fingerprint density at radius 3 is 2.21 bits per heavy atom. The Labute approximate surface area is 218 Å². The zero-order valence-electron chi connectivity index (χ0n) is 20.5. The van der Waals surface area contributed by atoms with E-state index in [2.05, 4.69) is 5.32 Å². The average Bonchev–Trinajstić information content (AvgIpc) is 3.20. The van der Waals surface area contributed by atoms with Gasteiger partial charge in [0, 0.05) is 43.7 Å². The Hall–Kier alpha value is -3.60. The standard InChI is InChI=1S/C22H23F6N5O5S/c1-3-29-20(35)21(36)33-6-5-15(22(27,28)10-33)31-39(37,38)14-9-32(4-2)18(17(14)26)19(34)30-11-7-12(23)16(25)13(24)8-11/h7-9,15,31H,3-6,10H2,1-2H3,(H,29,35)(H,30,34). The molecule has 0 radical (unpaired) electrons. The quantitative estimate of drug-likeness (QED) is 0.261. The maximum Gasteiger partial charge on any atom is 0.312 e. The van der Waals surface area contributed by atoms with E-state index < -0.39 is 98.8 Å². The molecule has 214 valence electrons. The molecule has 1 aromatic heterocycles. The van der Waals surface area contributed by atoms with Crippen LogP contribution in [0.2, 0.25) is 0 Å². The highest BCUT2D eigenvalue weighted by Crippen LogP contribution is 2.30. The number of carbonyl (C=O) groups is 3. The van der Waals surface area contributed by atoms with E-state index in [9.17, 15) is 44.8 Å². The molecule has 3 rings (SSSR count). The molecule has 0 spiro atoms. The summed E-state index contributed by atoms with van der Waals surface area (Å²) in [6, 6.07) is -1.26. The van der Waals surface area contributed by atoms with Crippen LogP contribution in [-0.4, -0.2) is 67.2 Å². The van der Waals surface area contributed by atoms with Crippen molar-refractivity contribution in [3.05, 3.63) is 47.3 Å². The van der Waals surface area contributed by atoms with Gasteiger partial charge in [0.25, 0.3) is 11.8 Å². The molecule has 1 aliphatic rings. The summed E-state index contributed by atoms with van der Waals surface area (Å²) in [4.78, 5) is 35.8. The summed E-state index contributed by atoms with van der Waals surface area (Å²) >= 11 is 0. The number of benzene rings is 1. The molecule has 10 nitrogen and oxygen atoms in total. The number of aryl methyl sites for hydroxylation is 1. The Morgan fingerprint density at radius 1 is 1.05 bits per heavy atom. The van der Waals surface area contributed by atoms with Crippen molar-refractivity contribution >= 4 is 33.4 Å². The number of nitrogens with zero attached hydrogens (tertiary/aromatic N) is 2. The van der Waals surface area contributed by atoms with Gasteiger partial charge < -0.3 is 20.1 Å². The summed E-state index contributed by atoms with van der Waals surface area (Å²) in [5, 5.41) is 4.10. The number of hydrogen-bond donors (Lipinski definition) is 3. The molecular weight excluding hydrogens is 560 g/mol. The monoisotopic (exact) mass is 583 g/mol. The fourth-order valence-electron chi connectivity index (χ4n) is 3.88. The van der Waals surface area contributed by atoms with E-state index in [1.807, 2.05) is 5.32 Å². The highest BCUT2D eigenvalue weighted by Gasteiger charge is 2.49. The lowest BCUT2D eigenvalue weighted by atomic mass is 10.0. The second-order valence-corrected chi connectivity index (χ2v) is 10.1. The van der Waals surface area contributed by atoms with Crippen LogP contribution in [0.4, 0.5) is 32.0 Å². The van der Waals surface area contributed by atoms with Gasteiger partial charge in [0.1, 0.15) is 10.6 Å². The molecule has 1 fully saturated rings. The fraction of sp³-hybridized carbons (Fsp3) is 0.409. The highest BCUT2D eigenvalue weighted by molar-refractivity contribution is 7.89. The van der Waals surface area contributed by atoms with Gasteiger partial charge in [0.05, 0.1) is 12.6 Å². The van der Waals surface area contributed by atoms with Crippen LogP contribution in [0.1, 0.15) is 30.8 Å². The molecule has 0 saturated carbocycles. The molecule has 2 aromatic rings. The van der Waals surface area contributed by atoms with Gasteiger partial charge in [-0.1, -0.05) is 0 Å². The summed E-state index contributed by atoms with van der Waals surface area (Å²) in [6.07, 6.45) is 0.0484. The molecule has 3 N–H and O–H groups in total. The average molecular weight is 584 g/mol. The SMILES string of the molecule is CCNC(=O)C(=O)N1CCC(NS(=O)(=O)c2cn(CC)c(C(=O)Nc3cc(F)c(F)c(F)c3)c2F)C(F)(F)C1. The van der Waals surface area contributed by atoms with Crippen LogP contribution in [0, 0.1) is 23.3 Å². The molecule has 1 aliphatic heterocycles. The van der Waals surface area contributed by atoms with Gasteiger partial charge in [-0.15, -0.1) is 0 Å². The highest BCUT2D eigenvalue weighted by atomic mass is 32.2. The van der Waals surface area contributed by atoms with Gasteiger partial charge in [-0.3, -0.25) is 14.4 Å². The van der Waals surface area contributed by atoms with E-state index in [1.54, 1.807) is 4.72 Å². The lowest BCUT2D eigenvalue weighted by molar-refractivity contribution is -0.153. The van der Waals surface area contributed by atoms with E-state index in [4.69, 9.17) is 0 Å². The number of amides is 3. The number of rotatable bonds is 7. The summed E-state index contributed by atoms with van der Waals surface area (Å²) in [7, 11) is -5.02. The molecule has 1 atom stereocenters. The predicted octanol–water partition coefficient (Wildman–Crippen LogP) is 1.97. The Morgan fingerprint density at radius 2 is 1.67 bits per heavy atom. The number of anilines is 1. The van der Waals surface area contributed by atoms with Crippen molar-refractivity contribution in [1.82, 2.24) is 19.5 Å². The maximum absolute atomic E-state index is 15.2. The van der Waals surface area contributed by atoms with E-state index in [-0.39, 0.29) is 13.1 Å². The van der Waals surface area contributed by atoms with E-state index >= 15 is 4.39 Å². The Bertz CT molecular complexity index is 1390. The molecule has 1 saturated heterocycles. The number of likely N-dealkylation sites (tertiary alicyclic amines) is 1. The van der Waals surface area contributed by atoms with E-state index in [0.717, 1.165) is 4.57 Å². The van der Waals surface area contributed by atoms with Gasteiger partial charge in [-0.2, -0.15) is 0 Å². The second-order valence-electron chi connectivity index (χ2n) is 8.46. The van der Waals surface area contributed by atoms with Gasteiger partial charge in [0.2, 0.25) is 10.0 Å². The summed E-state index contributed by atoms with van der Waals surface area (Å²) in [6.45, 7) is 1.12. The van der Waals surface area contributed by atoms with Crippen LogP contribution in [0.5, 0.6) is 0 Å². The van der Waals surface area contributed by atoms with Crippen LogP contribution in [0.25, 0.3) is 0 Å².